The summed E-state index contributed by atoms with van der Waals surface area (Å²) in [5.41, 5.74) is 1.50. The number of nitrogens with zero attached hydrogens (tertiary/aromatic N) is 3. The third kappa shape index (κ3) is 3.92. The third-order valence-electron chi connectivity index (χ3n) is 3.55. The van der Waals surface area contributed by atoms with Gasteiger partial charge in [0.05, 0.1) is 5.02 Å². The zero-order chi connectivity index (χ0) is 17.8. The molecule has 1 amide bonds. The molecule has 25 heavy (non-hydrogen) atoms. The van der Waals surface area contributed by atoms with Crippen LogP contribution in [0.1, 0.15) is 10.5 Å². The van der Waals surface area contributed by atoms with E-state index in [1.54, 1.807) is 6.07 Å². The number of carbonyl (C=O) groups is 1. The molecule has 0 spiro atoms. The van der Waals surface area contributed by atoms with Crippen LogP contribution in [0.15, 0.2) is 60.9 Å². The molecule has 0 radical (unpaired) electrons. The Labute approximate surface area is 149 Å². The first-order chi connectivity index (χ1) is 12.0. The first kappa shape index (κ1) is 16.9. The molecule has 0 saturated heterocycles. The Kier molecular flexibility index (Phi) is 4.90. The molecule has 3 aromatic rings. The maximum Gasteiger partial charge on any atom is 0.274 e. The summed E-state index contributed by atoms with van der Waals surface area (Å²) in [5, 5.41) is 2.57. The Morgan fingerprint density at radius 1 is 1.12 bits per heavy atom. The fraction of sp³-hybridized carbons (Fsp3) is 0.0556. The van der Waals surface area contributed by atoms with Gasteiger partial charge in [0.25, 0.3) is 5.91 Å². The molecule has 0 saturated carbocycles. The highest BCUT2D eigenvalue weighted by Gasteiger charge is 2.13. The largest absolute Gasteiger partial charge is 0.329 e. The molecule has 7 heteroatoms. The lowest BCUT2D eigenvalue weighted by atomic mass is 10.2. The van der Waals surface area contributed by atoms with Gasteiger partial charge in [-0.25, -0.2) is 14.4 Å². The number of hydrogen-bond donors (Lipinski definition) is 1. The van der Waals surface area contributed by atoms with E-state index < -0.39 is 11.7 Å². The smallest absolute Gasteiger partial charge is 0.274 e. The standard InChI is InChI=1S/C18H14ClFN4O/c1-24(13-5-3-2-4-6-13)17-10-16(21-11-22-17)18(25)23-12-7-8-15(20)14(19)9-12/h2-11H,1H3,(H,23,25). The van der Waals surface area contributed by atoms with Crippen molar-refractivity contribution in [2.75, 3.05) is 17.3 Å². The zero-order valence-corrected chi connectivity index (χ0v) is 14.0. The molecule has 0 aliphatic heterocycles. The van der Waals surface area contributed by atoms with E-state index in [2.05, 4.69) is 15.3 Å². The van der Waals surface area contributed by atoms with Gasteiger partial charge in [0.15, 0.2) is 0 Å². The average Bonchev–Trinajstić information content (AvgIpc) is 2.65. The number of carbonyl (C=O) groups excluding carboxylic acids is 1. The maximum absolute atomic E-state index is 13.2. The molecule has 1 heterocycles. The Bertz CT molecular complexity index is 905. The first-order valence-electron chi connectivity index (χ1n) is 7.42. The minimum Gasteiger partial charge on any atom is -0.329 e. The predicted octanol–water partition coefficient (Wildman–Crippen LogP) is 4.29. The van der Waals surface area contributed by atoms with Gasteiger partial charge in [-0.3, -0.25) is 4.79 Å². The van der Waals surface area contributed by atoms with Gasteiger partial charge >= 0.3 is 0 Å². The molecule has 1 aromatic heterocycles. The summed E-state index contributed by atoms with van der Waals surface area (Å²) in [7, 11) is 1.85. The molecule has 2 aromatic carbocycles. The molecular weight excluding hydrogens is 343 g/mol. The zero-order valence-electron chi connectivity index (χ0n) is 13.3. The van der Waals surface area contributed by atoms with Crippen molar-refractivity contribution < 1.29 is 9.18 Å². The van der Waals surface area contributed by atoms with Crippen LogP contribution in [0.3, 0.4) is 0 Å². The van der Waals surface area contributed by atoms with Crippen molar-refractivity contribution in [1.82, 2.24) is 9.97 Å². The number of aromatic nitrogens is 2. The van der Waals surface area contributed by atoms with Crippen LogP contribution in [-0.4, -0.2) is 22.9 Å². The van der Waals surface area contributed by atoms with E-state index >= 15 is 0 Å². The minimum atomic E-state index is -0.548. The van der Waals surface area contributed by atoms with E-state index in [9.17, 15) is 9.18 Å². The van der Waals surface area contributed by atoms with Crippen molar-refractivity contribution in [3.8, 4) is 0 Å². The highest BCUT2D eigenvalue weighted by molar-refractivity contribution is 6.31. The number of hydrogen-bond acceptors (Lipinski definition) is 4. The first-order valence-corrected chi connectivity index (χ1v) is 7.79. The Balaban J connectivity index is 1.81. The van der Waals surface area contributed by atoms with E-state index in [0.29, 0.717) is 11.5 Å². The number of nitrogens with one attached hydrogen (secondary N) is 1. The van der Waals surface area contributed by atoms with Crippen LogP contribution in [0.4, 0.5) is 21.6 Å². The minimum absolute atomic E-state index is 0.0648. The number of para-hydroxylation sites is 1. The topological polar surface area (TPSA) is 58.1 Å². The van der Waals surface area contributed by atoms with Gasteiger partial charge in [-0.05, 0) is 30.3 Å². The van der Waals surface area contributed by atoms with Crippen molar-refractivity contribution in [3.63, 3.8) is 0 Å². The van der Waals surface area contributed by atoms with E-state index in [-0.39, 0.29) is 10.7 Å². The normalized spacial score (nSPS) is 10.4. The SMILES string of the molecule is CN(c1ccccc1)c1cc(C(=O)Nc2ccc(F)c(Cl)c2)ncn1. The average molecular weight is 357 g/mol. The second-order valence-electron chi connectivity index (χ2n) is 5.24. The Morgan fingerprint density at radius 2 is 1.88 bits per heavy atom. The molecule has 0 aliphatic carbocycles. The fourth-order valence-corrected chi connectivity index (χ4v) is 2.39. The van der Waals surface area contributed by atoms with Crippen LogP contribution in [0.2, 0.25) is 5.02 Å². The van der Waals surface area contributed by atoms with Crippen molar-refractivity contribution >= 4 is 34.7 Å². The van der Waals surface area contributed by atoms with E-state index in [1.165, 1.54) is 24.5 Å². The summed E-state index contributed by atoms with van der Waals surface area (Å²) in [6, 6.07) is 15.1. The molecule has 0 bridgehead atoms. The van der Waals surface area contributed by atoms with Crippen LogP contribution in [0, 0.1) is 5.82 Å². The summed E-state index contributed by atoms with van der Waals surface area (Å²) in [4.78, 5) is 22.4. The second kappa shape index (κ2) is 7.27. The van der Waals surface area contributed by atoms with Gasteiger partial charge in [-0.2, -0.15) is 0 Å². The highest BCUT2D eigenvalue weighted by Crippen LogP contribution is 2.22. The maximum atomic E-state index is 13.2. The molecule has 5 nitrogen and oxygen atoms in total. The third-order valence-corrected chi connectivity index (χ3v) is 3.84. The van der Waals surface area contributed by atoms with Gasteiger partial charge in [0.2, 0.25) is 0 Å². The van der Waals surface area contributed by atoms with Crippen LogP contribution in [-0.2, 0) is 0 Å². The molecule has 0 aliphatic rings. The lowest BCUT2D eigenvalue weighted by Crippen LogP contribution is -2.17. The number of anilines is 3. The monoisotopic (exact) mass is 356 g/mol. The lowest BCUT2D eigenvalue weighted by Gasteiger charge is -2.18. The van der Waals surface area contributed by atoms with Gasteiger partial charge in [-0.1, -0.05) is 29.8 Å². The molecule has 0 fully saturated rings. The van der Waals surface area contributed by atoms with Crippen molar-refractivity contribution in [1.29, 1.82) is 0 Å². The number of benzene rings is 2. The van der Waals surface area contributed by atoms with Gasteiger partial charge < -0.3 is 10.2 Å². The summed E-state index contributed by atoms with van der Waals surface area (Å²) < 4.78 is 13.2. The fourth-order valence-electron chi connectivity index (χ4n) is 2.21. The summed E-state index contributed by atoms with van der Waals surface area (Å²) in [5.74, 6) is -0.412. The summed E-state index contributed by atoms with van der Waals surface area (Å²) in [6.07, 6.45) is 1.32. The van der Waals surface area contributed by atoms with Crippen molar-refractivity contribution in [2.24, 2.45) is 0 Å². The predicted molar refractivity (Wildman–Crippen MR) is 95.9 cm³/mol. The molecule has 0 unspecified atom stereocenters. The van der Waals surface area contributed by atoms with E-state index in [4.69, 9.17) is 11.6 Å². The molecule has 1 N–H and O–H groups in total. The summed E-state index contributed by atoms with van der Waals surface area (Å²) >= 11 is 5.72. The van der Waals surface area contributed by atoms with Gasteiger partial charge in [-0.15, -0.1) is 0 Å². The van der Waals surface area contributed by atoms with Crippen LogP contribution in [0.25, 0.3) is 0 Å². The molecule has 3 rings (SSSR count). The molecular formula is C18H14ClFN4O. The van der Waals surface area contributed by atoms with Crippen molar-refractivity contribution in [2.45, 2.75) is 0 Å². The van der Waals surface area contributed by atoms with Crippen LogP contribution >= 0.6 is 11.6 Å². The van der Waals surface area contributed by atoms with Crippen molar-refractivity contribution in [3.05, 3.63) is 77.5 Å². The second-order valence-corrected chi connectivity index (χ2v) is 5.65. The number of halogens is 2. The van der Waals surface area contributed by atoms with Gasteiger partial charge in [0, 0.05) is 24.5 Å². The lowest BCUT2D eigenvalue weighted by molar-refractivity contribution is 0.102. The number of rotatable bonds is 4. The Hall–Kier alpha value is -2.99. The van der Waals surface area contributed by atoms with Crippen LogP contribution < -0.4 is 10.2 Å². The highest BCUT2D eigenvalue weighted by atomic mass is 35.5. The summed E-state index contributed by atoms with van der Waals surface area (Å²) in [6.45, 7) is 0. The van der Waals surface area contributed by atoms with E-state index in [1.807, 2.05) is 42.3 Å². The quantitative estimate of drug-likeness (QED) is 0.757. The molecule has 0 atom stereocenters. The van der Waals surface area contributed by atoms with E-state index in [0.717, 1.165) is 5.69 Å². The van der Waals surface area contributed by atoms with Gasteiger partial charge in [0.1, 0.15) is 23.7 Å². The number of amides is 1. The van der Waals surface area contributed by atoms with Crippen LogP contribution in [0.5, 0.6) is 0 Å². The molecule has 126 valence electrons. The Morgan fingerprint density at radius 3 is 2.60 bits per heavy atom.